The molecule has 1 unspecified atom stereocenters. The Labute approximate surface area is 183 Å². The Kier molecular flexibility index (Phi) is 16.2. The van der Waals surface area contributed by atoms with E-state index in [4.69, 9.17) is 24.8 Å². The van der Waals surface area contributed by atoms with Crippen molar-refractivity contribution in [3.8, 4) is 0 Å². The van der Waals surface area contributed by atoms with E-state index in [0.717, 1.165) is 32.1 Å². The third-order valence-electron chi connectivity index (χ3n) is 4.11. The molecule has 0 aliphatic carbocycles. The fraction of sp³-hybridized carbons (Fsp3) is 0.842. The number of ether oxygens (including phenoxy) is 2. The average molecular weight is 469 g/mol. The van der Waals surface area contributed by atoms with Gasteiger partial charge in [-0.2, -0.15) is 0 Å². The standard InChI is InChI=1S/C19H36NO10P/c1-3-5-7-8-9-11-17(21)27-12-15(30-18(22)10-6-4-2)13-28-31(25,26)29-14-16(20)19(23)24/h15-16H,3-14,20H2,1-2H3,(H,23,24)(H,25,26)/t15-,16+/m1/s1. The normalized spacial score (nSPS) is 15.0. The number of phosphoric acid groups is 1. The van der Waals surface area contributed by atoms with Crippen molar-refractivity contribution >= 4 is 25.7 Å². The highest BCUT2D eigenvalue weighted by Crippen LogP contribution is 2.43. The van der Waals surface area contributed by atoms with Gasteiger partial charge >= 0.3 is 25.7 Å². The maximum absolute atomic E-state index is 11.9. The van der Waals surface area contributed by atoms with E-state index in [0.29, 0.717) is 12.8 Å². The van der Waals surface area contributed by atoms with Gasteiger partial charge in [0.1, 0.15) is 12.6 Å². The topological polar surface area (TPSA) is 172 Å². The Morgan fingerprint density at radius 2 is 1.45 bits per heavy atom. The van der Waals surface area contributed by atoms with Crippen LogP contribution in [0.1, 0.15) is 71.6 Å². The minimum Gasteiger partial charge on any atom is -0.480 e. The van der Waals surface area contributed by atoms with Gasteiger partial charge in [0, 0.05) is 12.8 Å². The molecule has 0 spiro atoms. The summed E-state index contributed by atoms with van der Waals surface area (Å²) in [6, 6.07) is -1.51. The smallest absolute Gasteiger partial charge is 0.472 e. The van der Waals surface area contributed by atoms with Crippen molar-refractivity contribution in [3.63, 3.8) is 0 Å². The zero-order valence-electron chi connectivity index (χ0n) is 18.3. The maximum atomic E-state index is 11.9. The van der Waals surface area contributed by atoms with E-state index in [-0.39, 0.29) is 19.4 Å². The molecule has 0 aliphatic rings. The molecular formula is C19H36NO10P. The molecule has 0 bridgehead atoms. The number of hydrogen-bond donors (Lipinski definition) is 3. The number of aliphatic carboxylic acids is 1. The van der Waals surface area contributed by atoms with Gasteiger partial charge in [-0.15, -0.1) is 0 Å². The minimum atomic E-state index is -4.66. The monoisotopic (exact) mass is 469 g/mol. The third-order valence-corrected chi connectivity index (χ3v) is 5.06. The van der Waals surface area contributed by atoms with Crippen LogP contribution in [-0.4, -0.2) is 59.9 Å². The summed E-state index contributed by atoms with van der Waals surface area (Å²) in [6.45, 7) is 2.31. The SMILES string of the molecule is CCCCCCCC(=O)OC[C@H](COP(=O)(O)OC[C@H](N)C(=O)O)OC(=O)CCCC. The first-order chi connectivity index (χ1) is 14.6. The molecule has 0 radical (unpaired) electrons. The molecule has 4 N–H and O–H groups in total. The number of carbonyl (C=O) groups is 3. The van der Waals surface area contributed by atoms with Crippen LogP contribution < -0.4 is 5.73 Å². The lowest BCUT2D eigenvalue weighted by atomic mass is 10.1. The number of esters is 2. The van der Waals surface area contributed by atoms with Crippen LogP contribution in [0.2, 0.25) is 0 Å². The average Bonchev–Trinajstić information content (AvgIpc) is 2.72. The van der Waals surface area contributed by atoms with Crippen molar-refractivity contribution in [2.24, 2.45) is 5.73 Å². The Bertz CT molecular complexity index is 586. The molecule has 0 amide bonds. The predicted molar refractivity (Wildman–Crippen MR) is 111 cm³/mol. The Hall–Kier alpha value is -1.52. The van der Waals surface area contributed by atoms with Gasteiger partial charge in [-0.05, 0) is 12.8 Å². The fourth-order valence-electron chi connectivity index (χ4n) is 2.27. The van der Waals surface area contributed by atoms with Crippen molar-refractivity contribution in [2.75, 3.05) is 19.8 Å². The summed E-state index contributed by atoms with van der Waals surface area (Å²) in [5.41, 5.74) is 5.20. The van der Waals surface area contributed by atoms with Gasteiger partial charge in [0.2, 0.25) is 0 Å². The first kappa shape index (κ1) is 29.5. The van der Waals surface area contributed by atoms with Crippen LogP contribution >= 0.6 is 7.82 Å². The molecule has 0 heterocycles. The van der Waals surface area contributed by atoms with Crippen molar-refractivity contribution in [2.45, 2.75) is 83.8 Å². The molecule has 0 rings (SSSR count). The van der Waals surface area contributed by atoms with Gasteiger partial charge in [-0.3, -0.25) is 23.4 Å². The van der Waals surface area contributed by atoms with E-state index in [1.54, 1.807) is 0 Å². The number of carboxylic acids is 1. The minimum absolute atomic E-state index is 0.138. The summed E-state index contributed by atoms with van der Waals surface area (Å²) >= 11 is 0. The van der Waals surface area contributed by atoms with E-state index in [1.807, 2.05) is 6.92 Å². The number of carbonyl (C=O) groups excluding carboxylic acids is 2. The molecule has 0 fully saturated rings. The first-order valence-corrected chi connectivity index (χ1v) is 12.1. The summed E-state index contributed by atoms with van der Waals surface area (Å²) in [7, 11) is -4.66. The second-order valence-corrected chi connectivity index (χ2v) is 8.52. The van der Waals surface area contributed by atoms with Crippen molar-refractivity contribution < 1.29 is 47.5 Å². The number of hydrogen-bond acceptors (Lipinski definition) is 9. The van der Waals surface area contributed by atoms with Crippen LogP contribution in [0.25, 0.3) is 0 Å². The number of carboxylic acid groups (broad SMARTS) is 1. The van der Waals surface area contributed by atoms with E-state index < -0.39 is 51.1 Å². The number of rotatable bonds is 19. The molecule has 0 aromatic rings. The highest BCUT2D eigenvalue weighted by Gasteiger charge is 2.28. The lowest BCUT2D eigenvalue weighted by Gasteiger charge is -2.20. The summed E-state index contributed by atoms with van der Waals surface area (Å²) < 4.78 is 31.4. The van der Waals surface area contributed by atoms with E-state index >= 15 is 0 Å². The highest BCUT2D eigenvalue weighted by molar-refractivity contribution is 7.47. The molecule has 31 heavy (non-hydrogen) atoms. The summed E-state index contributed by atoms with van der Waals surface area (Å²) in [5.74, 6) is -2.45. The molecule has 3 atom stereocenters. The Morgan fingerprint density at radius 3 is 2.06 bits per heavy atom. The van der Waals surface area contributed by atoms with Crippen LogP contribution in [0.5, 0.6) is 0 Å². The van der Waals surface area contributed by atoms with Gasteiger partial charge in [-0.1, -0.05) is 46.0 Å². The van der Waals surface area contributed by atoms with Crippen LogP contribution in [0.15, 0.2) is 0 Å². The number of phosphoric ester groups is 1. The van der Waals surface area contributed by atoms with Gasteiger partial charge in [-0.25, -0.2) is 4.57 Å². The second-order valence-electron chi connectivity index (χ2n) is 7.07. The lowest BCUT2D eigenvalue weighted by Crippen LogP contribution is -2.34. The third kappa shape index (κ3) is 16.8. The molecule has 11 nitrogen and oxygen atoms in total. The number of unbranched alkanes of at least 4 members (excludes halogenated alkanes) is 5. The summed E-state index contributed by atoms with van der Waals surface area (Å²) in [4.78, 5) is 44.1. The van der Waals surface area contributed by atoms with Crippen molar-refractivity contribution in [1.82, 2.24) is 0 Å². The molecular weight excluding hydrogens is 433 g/mol. The van der Waals surface area contributed by atoms with Crippen LogP contribution in [0, 0.1) is 0 Å². The Morgan fingerprint density at radius 1 is 0.871 bits per heavy atom. The van der Waals surface area contributed by atoms with Gasteiger partial charge in [0.25, 0.3) is 0 Å². The van der Waals surface area contributed by atoms with Gasteiger partial charge < -0.3 is 25.2 Å². The summed E-state index contributed by atoms with van der Waals surface area (Å²) in [5, 5.41) is 8.67. The van der Waals surface area contributed by atoms with E-state index in [1.165, 1.54) is 0 Å². The lowest BCUT2D eigenvalue weighted by molar-refractivity contribution is -0.161. The number of nitrogens with two attached hydrogens (primary N) is 1. The molecule has 12 heteroatoms. The van der Waals surface area contributed by atoms with Gasteiger partial charge in [0.05, 0.1) is 13.2 Å². The molecule has 0 aromatic carbocycles. The molecule has 0 saturated heterocycles. The molecule has 0 aliphatic heterocycles. The van der Waals surface area contributed by atoms with Gasteiger partial charge in [0.15, 0.2) is 6.10 Å². The van der Waals surface area contributed by atoms with Crippen molar-refractivity contribution in [3.05, 3.63) is 0 Å². The van der Waals surface area contributed by atoms with Crippen LogP contribution in [0.4, 0.5) is 0 Å². The van der Waals surface area contributed by atoms with Crippen molar-refractivity contribution in [1.29, 1.82) is 0 Å². The quantitative estimate of drug-likeness (QED) is 0.144. The van der Waals surface area contributed by atoms with Crippen LogP contribution in [-0.2, 0) is 37.5 Å². The summed E-state index contributed by atoms with van der Waals surface area (Å²) in [6.07, 6.45) is 5.42. The zero-order valence-corrected chi connectivity index (χ0v) is 19.2. The predicted octanol–water partition coefficient (Wildman–Crippen LogP) is 2.54. The first-order valence-electron chi connectivity index (χ1n) is 10.6. The second kappa shape index (κ2) is 17.1. The molecule has 0 saturated carbocycles. The fourth-order valence-corrected chi connectivity index (χ4v) is 3.05. The highest BCUT2D eigenvalue weighted by atomic mass is 31.2. The molecule has 0 aromatic heterocycles. The largest absolute Gasteiger partial charge is 0.480 e. The molecule has 182 valence electrons. The zero-order chi connectivity index (χ0) is 23.7. The van der Waals surface area contributed by atoms with E-state index in [2.05, 4.69) is 11.4 Å². The Balaban J connectivity index is 4.61. The maximum Gasteiger partial charge on any atom is 0.472 e. The van der Waals surface area contributed by atoms with Crippen LogP contribution in [0.3, 0.4) is 0 Å². The van der Waals surface area contributed by atoms with E-state index in [9.17, 15) is 23.8 Å².